The van der Waals surface area contributed by atoms with Crippen LogP contribution in [0.2, 0.25) is 0 Å². The quantitative estimate of drug-likeness (QED) is 0.823. The third kappa shape index (κ3) is 3.45. The number of methoxy groups -OCH3 is 1. The summed E-state index contributed by atoms with van der Waals surface area (Å²) in [6, 6.07) is 5.36. The van der Waals surface area contributed by atoms with Gasteiger partial charge in [0, 0.05) is 17.0 Å². The van der Waals surface area contributed by atoms with Crippen LogP contribution in [0.15, 0.2) is 22.7 Å². The molecular weight excluding hydrogens is 274 g/mol. The second-order valence-electron chi connectivity index (χ2n) is 4.51. The van der Waals surface area contributed by atoms with Gasteiger partial charge >= 0.3 is 0 Å². The molecule has 0 aliphatic heterocycles. The highest BCUT2D eigenvalue weighted by molar-refractivity contribution is 7.99. The molecule has 2 aromatic rings. The van der Waals surface area contributed by atoms with Crippen molar-refractivity contribution in [1.29, 1.82) is 0 Å². The van der Waals surface area contributed by atoms with Gasteiger partial charge in [0.05, 0.1) is 18.4 Å². The highest BCUT2D eigenvalue weighted by Crippen LogP contribution is 2.31. The van der Waals surface area contributed by atoms with E-state index < -0.39 is 0 Å². The lowest BCUT2D eigenvalue weighted by Gasteiger charge is -2.05. The molecule has 1 heterocycles. The molecule has 5 nitrogen and oxygen atoms in total. The van der Waals surface area contributed by atoms with Crippen LogP contribution in [0, 0.1) is 0 Å². The number of nitrogen functional groups attached to an aromatic ring is 1. The standard InChI is InChI=1S/C14H19N3O2S/c1-4-9(2)20-8-13-16-14(19-17-13)11-6-5-10(15)7-12(11)18-3/h5-7,9H,4,8,15H2,1-3H3. The van der Waals surface area contributed by atoms with E-state index >= 15 is 0 Å². The maximum Gasteiger partial charge on any atom is 0.261 e. The summed E-state index contributed by atoms with van der Waals surface area (Å²) in [4.78, 5) is 4.41. The molecule has 1 atom stereocenters. The monoisotopic (exact) mass is 293 g/mol. The molecule has 0 aliphatic rings. The number of ether oxygens (including phenoxy) is 1. The van der Waals surface area contributed by atoms with Gasteiger partial charge in [-0.2, -0.15) is 16.7 Å². The van der Waals surface area contributed by atoms with Crippen LogP contribution >= 0.6 is 11.8 Å². The lowest BCUT2D eigenvalue weighted by Crippen LogP contribution is -1.95. The highest BCUT2D eigenvalue weighted by atomic mass is 32.2. The van der Waals surface area contributed by atoms with Crippen molar-refractivity contribution < 1.29 is 9.26 Å². The van der Waals surface area contributed by atoms with Gasteiger partial charge in [-0.15, -0.1) is 0 Å². The minimum atomic E-state index is 0.460. The summed E-state index contributed by atoms with van der Waals surface area (Å²) in [5.41, 5.74) is 7.13. The summed E-state index contributed by atoms with van der Waals surface area (Å²) in [7, 11) is 1.59. The zero-order chi connectivity index (χ0) is 14.5. The Balaban J connectivity index is 2.16. The van der Waals surface area contributed by atoms with Crippen molar-refractivity contribution in [3.8, 4) is 17.2 Å². The maximum absolute atomic E-state index is 5.73. The Morgan fingerprint density at radius 3 is 2.95 bits per heavy atom. The first kappa shape index (κ1) is 14.7. The molecule has 1 unspecified atom stereocenters. The number of benzene rings is 1. The molecule has 0 amide bonds. The average Bonchev–Trinajstić information content (AvgIpc) is 2.93. The van der Waals surface area contributed by atoms with E-state index in [1.54, 1.807) is 19.2 Å². The second-order valence-corrected chi connectivity index (χ2v) is 5.93. The van der Waals surface area contributed by atoms with Gasteiger partial charge in [-0.05, 0) is 18.6 Å². The van der Waals surface area contributed by atoms with Crippen LogP contribution in [0.4, 0.5) is 5.69 Å². The Kier molecular flexibility index (Phi) is 4.89. The number of aromatic nitrogens is 2. The van der Waals surface area contributed by atoms with E-state index in [9.17, 15) is 0 Å². The Hall–Kier alpha value is -1.69. The van der Waals surface area contributed by atoms with E-state index in [1.807, 2.05) is 17.8 Å². The van der Waals surface area contributed by atoms with Crippen molar-refractivity contribution in [2.45, 2.75) is 31.3 Å². The molecule has 0 radical (unpaired) electrons. The molecule has 2 N–H and O–H groups in total. The van der Waals surface area contributed by atoms with E-state index in [2.05, 4.69) is 24.0 Å². The van der Waals surface area contributed by atoms with E-state index in [4.69, 9.17) is 15.0 Å². The van der Waals surface area contributed by atoms with Crippen LogP contribution in [-0.4, -0.2) is 22.5 Å². The number of anilines is 1. The molecule has 0 saturated carbocycles. The molecule has 1 aromatic carbocycles. The van der Waals surface area contributed by atoms with Gasteiger partial charge in [-0.3, -0.25) is 0 Å². The van der Waals surface area contributed by atoms with Gasteiger partial charge in [0.1, 0.15) is 5.75 Å². The molecule has 0 fully saturated rings. The van der Waals surface area contributed by atoms with Crippen molar-refractivity contribution in [1.82, 2.24) is 10.1 Å². The third-order valence-corrected chi connectivity index (χ3v) is 4.32. The number of thioether (sulfide) groups is 1. The highest BCUT2D eigenvalue weighted by Gasteiger charge is 2.14. The molecule has 0 spiro atoms. The Morgan fingerprint density at radius 1 is 1.45 bits per heavy atom. The summed E-state index contributed by atoms with van der Waals surface area (Å²) in [5.74, 6) is 2.54. The molecule has 20 heavy (non-hydrogen) atoms. The first-order valence-corrected chi connectivity index (χ1v) is 7.57. The van der Waals surface area contributed by atoms with E-state index in [0.29, 0.717) is 28.4 Å². The first-order valence-electron chi connectivity index (χ1n) is 6.52. The molecule has 0 aliphatic carbocycles. The van der Waals surface area contributed by atoms with Gasteiger partial charge in [0.25, 0.3) is 5.89 Å². The van der Waals surface area contributed by atoms with Crippen LogP contribution in [-0.2, 0) is 5.75 Å². The van der Waals surface area contributed by atoms with Gasteiger partial charge in [-0.1, -0.05) is 19.0 Å². The summed E-state index contributed by atoms with van der Waals surface area (Å²) >= 11 is 1.81. The molecule has 1 aromatic heterocycles. The number of nitrogens with two attached hydrogens (primary N) is 1. The topological polar surface area (TPSA) is 74.2 Å². The Morgan fingerprint density at radius 2 is 2.25 bits per heavy atom. The van der Waals surface area contributed by atoms with Crippen molar-refractivity contribution >= 4 is 17.4 Å². The van der Waals surface area contributed by atoms with Crippen LogP contribution in [0.1, 0.15) is 26.1 Å². The summed E-state index contributed by atoms with van der Waals surface area (Å²) in [6.07, 6.45) is 1.13. The summed E-state index contributed by atoms with van der Waals surface area (Å²) in [6.45, 7) is 4.35. The summed E-state index contributed by atoms with van der Waals surface area (Å²) < 4.78 is 10.6. The predicted octanol–water partition coefficient (Wildman–Crippen LogP) is 3.36. The van der Waals surface area contributed by atoms with E-state index in [1.165, 1.54) is 0 Å². The van der Waals surface area contributed by atoms with Crippen molar-refractivity contribution in [2.24, 2.45) is 0 Å². The van der Waals surface area contributed by atoms with Crippen molar-refractivity contribution in [3.63, 3.8) is 0 Å². The SMILES string of the molecule is CCC(C)SCc1noc(-c2ccc(N)cc2OC)n1. The van der Waals surface area contributed by atoms with E-state index in [-0.39, 0.29) is 0 Å². The van der Waals surface area contributed by atoms with Crippen molar-refractivity contribution in [3.05, 3.63) is 24.0 Å². The predicted molar refractivity (Wildman–Crippen MR) is 81.7 cm³/mol. The van der Waals surface area contributed by atoms with Gasteiger partial charge in [0.15, 0.2) is 5.82 Å². The van der Waals surface area contributed by atoms with Crippen LogP contribution in [0.25, 0.3) is 11.5 Å². The number of hydrogen-bond donors (Lipinski definition) is 1. The largest absolute Gasteiger partial charge is 0.496 e. The normalized spacial score (nSPS) is 12.3. The molecule has 0 saturated heterocycles. The zero-order valence-corrected chi connectivity index (χ0v) is 12.7. The number of nitrogens with zero attached hydrogens (tertiary/aromatic N) is 2. The summed E-state index contributed by atoms with van der Waals surface area (Å²) in [5, 5.41) is 4.59. The minimum absolute atomic E-state index is 0.460. The lowest BCUT2D eigenvalue weighted by atomic mass is 10.2. The number of hydrogen-bond acceptors (Lipinski definition) is 6. The Labute approximate surface area is 122 Å². The second kappa shape index (κ2) is 6.65. The third-order valence-electron chi connectivity index (χ3n) is 3.00. The zero-order valence-electron chi connectivity index (χ0n) is 11.9. The number of rotatable bonds is 6. The minimum Gasteiger partial charge on any atom is -0.496 e. The van der Waals surface area contributed by atoms with Gasteiger partial charge < -0.3 is 15.0 Å². The van der Waals surface area contributed by atoms with Gasteiger partial charge in [-0.25, -0.2) is 0 Å². The van der Waals surface area contributed by atoms with Gasteiger partial charge in [0.2, 0.25) is 0 Å². The first-order chi connectivity index (χ1) is 9.63. The molecule has 2 rings (SSSR count). The molecule has 108 valence electrons. The molecule has 0 bridgehead atoms. The molecular formula is C14H19N3O2S. The smallest absolute Gasteiger partial charge is 0.261 e. The fourth-order valence-electron chi connectivity index (χ4n) is 1.64. The van der Waals surface area contributed by atoms with Crippen LogP contribution in [0.3, 0.4) is 0 Å². The van der Waals surface area contributed by atoms with Crippen LogP contribution in [0.5, 0.6) is 5.75 Å². The molecule has 6 heteroatoms. The van der Waals surface area contributed by atoms with Crippen molar-refractivity contribution in [2.75, 3.05) is 12.8 Å². The van der Waals surface area contributed by atoms with Crippen LogP contribution < -0.4 is 10.5 Å². The Bertz CT molecular complexity index is 571. The lowest BCUT2D eigenvalue weighted by molar-refractivity contribution is 0.403. The average molecular weight is 293 g/mol. The van der Waals surface area contributed by atoms with E-state index in [0.717, 1.165) is 17.7 Å². The fraction of sp³-hybridized carbons (Fsp3) is 0.429. The maximum atomic E-state index is 5.73. The fourth-order valence-corrected chi connectivity index (χ4v) is 2.43.